The fourth-order valence-electron chi connectivity index (χ4n) is 2.12. The number of carbonyl (C=O) groups excluding carboxylic acids is 1. The highest BCUT2D eigenvalue weighted by Gasteiger charge is 2.20. The number of rotatable bonds is 4. The third kappa shape index (κ3) is 3.20. The highest BCUT2D eigenvalue weighted by Crippen LogP contribution is 2.18. The SMILES string of the molecule is Cc1ccc(-n2ccc(C#N)c2C(=O)NC(C)C(C)C)cc1. The fourth-order valence-corrected chi connectivity index (χ4v) is 2.12. The second-order valence-electron chi connectivity index (χ2n) is 5.90. The van der Waals surface area contributed by atoms with E-state index in [1.54, 1.807) is 16.8 Å². The number of aromatic nitrogens is 1. The summed E-state index contributed by atoms with van der Waals surface area (Å²) in [5, 5.41) is 12.2. The van der Waals surface area contributed by atoms with Gasteiger partial charge in [-0.05, 0) is 38.0 Å². The largest absolute Gasteiger partial charge is 0.348 e. The number of nitriles is 1. The number of nitrogens with one attached hydrogen (secondary N) is 1. The van der Waals surface area contributed by atoms with Crippen molar-refractivity contribution in [1.29, 1.82) is 5.26 Å². The van der Waals surface area contributed by atoms with E-state index in [9.17, 15) is 10.1 Å². The highest BCUT2D eigenvalue weighted by atomic mass is 16.2. The Morgan fingerprint density at radius 1 is 1.18 bits per heavy atom. The van der Waals surface area contributed by atoms with E-state index in [0.717, 1.165) is 11.3 Å². The summed E-state index contributed by atoms with van der Waals surface area (Å²) in [6.45, 7) is 8.08. The number of amides is 1. The lowest BCUT2D eigenvalue weighted by Crippen LogP contribution is -2.37. The first-order chi connectivity index (χ1) is 10.4. The molecule has 0 fully saturated rings. The van der Waals surface area contributed by atoms with Gasteiger partial charge in [0.1, 0.15) is 11.8 Å². The fraction of sp³-hybridized carbons (Fsp3) is 0.333. The third-order valence-electron chi connectivity index (χ3n) is 3.89. The first-order valence-electron chi connectivity index (χ1n) is 7.43. The van der Waals surface area contributed by atoms with Gasteiger partial charge in [0.05, 0.1) is 5.56 Å². The van der Waals surface area contributed by atoms with Crippen molar-refractivity contribution < 1.29 is 4.79 Å². The van der Waals surface area contributed by atoms with Crippen LogP contribution in [0.15, 0.2) is 36.5 Å². The van der Waals surface area contributed by atoms with Gasteiger partial charge in [-0.15, -0.1) is 0 Å². The molecule has 0 saturated heterocycles. The van der Waals surface area contributed by atoms with Crippen LogP contribution in [0.2, 0.25) is 0 Å². The molecular formula is C18H21N3O. The number of hydrogen-bond donors (Lipinski definition) is 1. The molecule has 0 spiro atoms. The molecule has 1 aromatic carbocycles. The van der Waals surface area contributed by atoms with Gasteiger partial charge in [0.25, 0.3) is 5.91 Å². The van der Waals surface area contributed by atoms with Crippen LogP contribution in [0.4, 0.5) is 0 Å². The van der Waals surface area contributed by atoms with Crippen molar-refractivity contribution in [2.24, 2.45) is 5.92 Å². The summed E-state index contributed by atoms with van der Waals surface area (Å²) >= 11 is 0. The molecule has 1 amide bonds. The van der Waals surface area contributed by atoms with E-state index < -0.39 is 0 Å². The van der Waals surface area contributed by atoms with Gasteiger partial charge in [-0.1, -0.05) is 31.5 Å². The van der Waals surface area contributed by atoms with Gasteiger partial charge in [0, 0.05) is 17.9 Å². The average molecular weight is 295 g/mol. The quantitative estimate of drug-likeness (QED) is 0.939. The minimum absolute atomic E-state index is 0.0420. The summed E-state index contributed by atoms with van der Waals surface area (Å²) in [4.78, 5) is 12.6. The molecule has 2 aromatic rings. The monoisotopic (exact) mass is 295 g/mol. The van der Waals surface area contributed by atoms with Gasteiger partial charge in [-0.3, -0.25) is 4.79 Å². The molecule has 1 aromatic heterocycles. The molecule has 4 nitrogen and oxygen atoms in total. The maximum Gasteiger partial charge on any atom is 0.269 e. The lowest BCUT2D eigenvalue weighted by molar-refractivity contribution is 0.0923. The average Bonchev–Trinajstić information content (AvgIpc) is 2.91. The van der Waals surface area contributed by atoms with Crippen LogP contribution in [0.25, 0.3) is 5.69 Å². The van der Waals surface area contributed by atoms with Crippen LogP contribution >= 0.6 is 0 Å². The highest BCUT2D eigenvalue weighted by molar-refractivity contribution is 5.96. The Balaban J connectivity index is 2.42. The summed E-state index contributed by atoms with van der Waals surface area (Å²) in [5.41, 5.74) is 2.79. The molecule has 0 saturated carbocycles. The molecule has 0 aliphatic rings. The van der Waals surface area contributed by atoms with Crippen molar-refractivity contribution in [3.05, 3.63) is 53.3 Å². The molecule has 114 valence electrons. The van der Waals surface area contributed by atoms with Crippen LogP contribution in [-0.2, 0) is 0 Å². The zero-order valence-corrected chi connectivity index (χ0v) is 13.4. The van der Waals surface area contributed by atoms with Crippen molar-refractivity contribution in [3.63, 3.8) is 0 Å². The van der Waals surface area contributed by atoms with E-state index in [-0.39, 0.29) is 11.9 Å². The topological polar surface area (TPSA) is 57.8 Å². The first-order valence-corrected chi connectivity index (χ1v) is 7.43. The molecule has 0 aliphatic carbocycles. The van der Waals surface area contributed by atoms with Gasteiger partial charge in [0.2, 0.25) is 0 Å². The van der Waals surface area contributed by atoms with E-state index in [0.29, 0.717) is 17.2 Å². The molecule has 0 bridgehead atoms. The molecular weight excluding hydrogens is 274 g/mol. The molecule has 22 heavy (non-hydrogen) atoms. The number of hydrogen-bond acceptors (Lipinski definition) is 2. The van der Waals surface area contributed by atoms with Crippen molar-refractivity contribution in [1.82, 2.24) is 9.88 Å². The maximum absolute atomic E-state index is 12.6. The van der Waals surface area contributed by atoms with Crippen LogP contribution in [0.3, 0.4) is 0 Å². The Bertz CT molecular complexity index is 705. The Morgan fingerprint density at radius 2 is 1.82 bits per heavy atom. The van der Waals surface area contributed by atoms with Crippen molar-refractivity contribution in [3.8, 4) is 11.8 Å². The molecule has 1 N–H and O–H groups in total. The Labute approximate surface area is 131 Å². The summed E-state index contributed by atoms with van der Waals surface area (Å²) in [6.07, 6.45) is 1.76. The van der Waals surface area contributed by atoms with Gasteiger partial charge >= 0.3 is 0 Å². The van der Waals surface area contributed by atoms with Crippen molar-refractivity contribution >= 4 is 5.91 Å². The predicted molar refractivity (Wildman–Crippen MR) is 87.0 cm³/mol. The van der Waals surface area contributed by atoms with E-state index in [4.69, 9.17) is 0 Å². The van der Waals surface area contributed by atoms with Gasteiger partial charge < -0.3 is 9.88 Å². The van der Waals surface area contributed by atoms with Gasteiger partial charge in [-0.25, -0.2) is 0 Å². The molecule has 4 heteroatoms. The number of benzene rings is 1. The number of aryl methyl sites for hydroxylation is 1. The summed E-state index contributed by atoms with van der Waals surface area (Å²) in [5.74, 6) is 0.112. The lowest BCUT2D eigenvalue weighted by Gasteiger charge is -2.18. The molecule has 0 radical (unpaired) electrons. The number of nitrogens with zero attached hydrogens (tertiary/aromatic N) is 2. The molecule has 1 heterocycles. The van der Waals surface area contributed by atoms with E-state index in [2.05, 4.69) is 25.2 Å². The lowest BCUT2D eigenvalue weighted by atomic mass is 10.1. The Kier molecular flexibility index (Phi) is 4.67. The van der Waals surface area contributed by atoms with Crippen LogP contribution < -0.4 is 5.32 Å². The summed E-state index contributed by atoms with van der Waals surface area (Å²) in [7, 11) is 0. The molecule has 0 aliphatic heterocycles. The normalized spacial score (nSPS) is 12.0. The van der Waals surface area contributed by atoms with Crippen molar-refractivity contribution in [2.75, 3.05) is 0 Å². The van der Waals surface area contributed by atoms with E-state index in [1.165, 1.54) is 0 Å². The van der Waals surface area contributed by atoms with E-state index in [1.807, 2.05) is 38.1 Å². The summed E-state index contributed by atoms with van der Waals surface area (Å²) < 4.78 is 1.76. The smallest absolute Gasteiger partial charge is 0.269 e. The number of carbonyl (C=O) groups is 1. The van der Waals surface area contributed by atoms with Crippen molar-refractivity contribution in [2.45, 2.75) is 33.7 Å². The minimum Gasteiger partial charge on any atom is -0.348 e. The zero-order chi connectivity index (χ0) is 16.3. The van der Waals surface area contributed by atoms with Crippen LogP contribution in [0, 0.1) is 24.2 Å². The maximum atomic E-state index is 12.6. The van der Waals surface area contributed by atoms with Crippen LogP contribution in [0.1, 0.15) is 42.4 Å². The summed E-state index contributed by atoms with van der Waals surface area (Å²) in [6, 6.07) is 11.7. The standard InChI is InChI=1S/C18H21N3O/c1-12(2)14(4)20-18(22)17-15(11-19)9-10-21(17)16-7-5-13(3)6-8-16/h5-10,12,14H,1-4H3,(H,20,22). The Hall–Kier alpha value is -2.54. The van der Waals surface area contributed by atoms with E-state index >= 15 is 0 Å². The third-order valence-corrected chi connectivity index (χ3v) is 3.89. The van der Waals surface area contributed by atoms with Gasteiger partial charge in [-0.2, -0.15) is 5.26 Å². The predicted octanol–water partition coefficient (Wildman–Crippen LogP) is 3.43. The van der Waals surface area contributed by atoms with Crippen LogP contribution in [-0.4, -0.2) is 16.5 Å². The Morgan fingerprint density at radius 3 is 2.36 bits per heavy atom. The second-order valence-corrected chi connectivity index (χ2v) is 5.90. The van der Waals surface area contributed by atoms with Gasteiger partial charge in [0.15, 0.2) is 0 Å². The molecule has 1 unspecified atom stereocenters. The molecule has 2 rings (SSSR count). The van der Waals surface area contributed by atoms with Crippen LogP contribution in [0.5, 0.6) is 0 Å². The second kappa shape index (κ2) is 6.48. The first kappa shape index (κ1) is 15.8. The molecule has 1 atom stereocenters. The zero-order valence-electron chi connectivity index (χ0n) is 13.4. The minimum atomic E-state index is -0.219.